The van der Waals surface area contributed by atoms with Gasteiger partial charge in [-0.3, -0.25) is 4.90 Å². The number of nitrogens with one attached hydrogen (secondary N) is 3. The summed E-state index contributed by atoms with van der Waals surface area (Å²) in [5.41, 5.74) is 0.829. The number of benzene rings is 1. The predicted molar refractivity (Wildman–Crippen MR) is 171 cm³/mol. The summed E-state index contributed by atoms with van der Waals surface area (Å²) in [5.74, 6) is 2.47. The van der Waals surface area contributed by atoms with Crippen molar-refractivity contribution in [2.75, 3.05) is 30.3 Å². The molecule has 0 spiro atoms. The molecule has 5 saturated carbocycles. The zero-order valence-corrected chi connectivity index (χ0v) is 26.8. The molecule has 4 bridgehead atoms. The van der Waals surface area contributed by atoms with Gasteiger partial charge < -0.3 is 25.8 Å². The van der Waals surface area contributed by atoms with Crippen LogP contribution in [0.2, 0.25) is 0 Å². The standard InChI is InChI=1S/C35H46F3N7O2/c36-35(37,38)47-30-6-2-1-4-23(30)18-40-33-41-19-26(17-39)32(44-33)42-21-34-14-22-12-24(15-34)31(25(13-22)16-34)43-27-7-9-28(10-8-27)45-11-3-5-29(45)20-46/h1-2,4,6,19,22,24-25,27-29,31,43,46H,3,5,7-16,18,20-21H2,(H2,40,41,42,44)/t22?,24-,25+,27?,28?,29-,31-,34-/m1/s1. The Morgan fingerprint density at radius 3 is 2.53 bits per heavy atom. The summed E-state index contributed by atoms with van der Waals surface area (Å²) in [4.78, 5) is 11.4. The van der Waals surface area contributed by atoms with Crippen molar-refractivity contribution < 1.29 is 23.0 Å². The monoisotopic (exact) mass is 653 g/mol. The van der Waals surface area contributed by atoms with E-state index in [4.69, 9.17) is 0 Å². The molecule has 1 aromatic heterocycles. The number of aliphatic hydroxyl groups excluding tert-OH is 1. The third-order valence-corrected chi connectivity index (χ3v) is 11.8. The minimum Gasteiger partial charge on any atom is -0.405 e. The molecule has 6 fully saturated rings. The van der Waals surface area contributed by atoms with Crippen molar-refractivity contribution in [3.05, 3.63) is 41.6 Å². The molecule has 8 rings (SSSR count). The number of aliphatic hydroxyl groups is 1. The van der Waals surface area contributed by atoms with Gasteiger partial charge in [0.05, 0.1) is 12.8 Å². The average molecular weight is 654 g/mol. The Bertz CT molecular complexity index is 1430. The fourth-order valence-corrected chi connectivity index (χ4v) is 10.1. The molecule has 2 aromatic rings. The van der Waals surface area contributed by atoms with Crippen LogP contribution in [-0.4, -0.2) is 70.2 Å². The maximum Gasteiger partial charge on any atom is 0.573 e. The molecule has 47 heavy (non-hydrogen) atoms. The highest BCUT2D eigenvalue weighted by atomic mass is 19.4. The molecule has 5 aliphatic carbocycles. The Morgan fingerprint density at radius 2 is 1.81 bits per heavy atom. The first-order valence-electron chi connectivity index (χ1n) is 17.4. The number of nitriles is 1. The number of hydrogen-bond donors (Lipinski definition) is 4. The van der Waals surface area contributed by atoms with E-state index in [1.807, 2.05) is 0 Å². The van der Waals surface area contributed by atoms with Crippen molar-refractivity contribution in [2.24, 2.45) is 23.2 Å². The fraction of sp³-hybridized carbons (Fsp3) is 0.686. The summed E-state index contributed by atoms with van der Waals surface area (Å²) < 4.78 is 42.8. The van der Waals surface area contributed by atoms with Crippen molar-refractivity contribution in [3.8, 4) is 11.8 Å². The van der Waals surface area contributed by atoms with E-state index in [0.717, 1.165) is 25.4 Å². The van der Waals surface area contributed by atoms with E-state index >= 15 is 0 Å². The van der Waals surface area contributed by atoms with Gasteiger partial charge in [-0.15, -0.1) is 13.2 Å². The largest absolute Gasteiger partial charge is 0.573 e. The maximum absolute atomic E-state index is 12.9. The molecule has 6 aliphatic rings. The van der Waals surface area contributed by atoms with Gasteiger partial charge in [0.15, 0.2) is 0 Å². The molecule has 0 amide bonds. The first-order chi connectivity index (χ1) is 22.7. The lowest BCUT2D eigenvalue weighted by Gasteiger charge is -2.61. The third-order valence-electron chi connectivity index (χ3n) is 11.8. The van der Waals surface area contributed by atoms with Gasteiger partial charge in [0.25, 0.3) is 0 Å². The van der Waals surface area contributed by atoms with E-state index in [2.05, 4.69) is 41.6 Å². The van der Waals surface area contributed by atoms with Crippen LogP contribution in [0, 0.1) is 34.5 Å². The smallest absolute Gasteiger partial charge is 0.405 e. The van der Waals surface area contributed by atoms with Crippen LogP contribution < -0.4 is 20.7 Å². The zero-order valence-electron chi connectivity index (χ0n) is 26.8. The zero-order chi connectivity index (χ0) is 32.6. The number of likely N-dealkylation sites (tertiary alicyclic amines) is 1. The Morgan fingerprint density at radius 1 is 1.04 bits per heavy atom. The van der Waals surface area contributed by atoms with E-state index in [0.29, 0.717) is 52.9 Å². The van der Waals surface area contributed by atoms with Crippen LogP contribution in [0.3, 0.4) is 0 Å². The maximum atomic E-state index is 12.9. The molecule has 1 unspecified atom stereocenters. The number of anilines is 2. The first-order valence-corrected chi connectivity index (χ1v) is 17.4. The number of ether oxygens (including phenoxy) is 1. The number of rotatable bonds is 11. The summed E-state index contributed by atoms with van der Waals surface area (Å²) in [6.07, 6.45) is 9.99. The van der Waals surface area contributed by atoms with E-state index in [9.17, 15) is 23.5 Å². The van der Waals surface area contributed by atoms with Crippen molar-refractivity contribution in [1.29, 1.82) is 5.26 Å². The number of aromatic nitrogens is 2. The fourth-order valence-electron chi connectivity index (χ4n) is 10.1. The lowest BCUT2D eigenvalue weighted by Crippen LogP contribution is -2.61. The van der Waals surface area contributed by atoms with E-state index < -0.39 is 6.36 Å². The average Bonchev–Trinajstić information content (AvgIpc) is 3.54. The van der Waals surface area contributed by atoms with Gasteiger partial charge in [0.2, 0.25) is 5.95 Å². The second-order valence-electron chi connectivity index (χ2n) is 14.8. The second-order valence-corrected chi connectivity index (χ2v) is 14.8. The highest BCUT2D eigenvalue weighted by molar-refractivity contribution is 5.53. The van der Waals surface area contributed by atoms with E-state index in [-0.39, 0.29) is 30.3 Å². The molecule has 254 valence electrons. The van der Waals surface area contributed by atoms with Crippen LogP contribution in [0.25, 0.3) is 0 Å². The molecular formula is C35H46F3N7O2. The number of alkyl halides is 3. The molecule has 2 heterocycles. The summed E-state index contributed by atoms with van der Waals surface area (Å²) in [6.45, 7) is 2.19. The van der Waals surface area contributed by atoms with Crippen molar-refractivity contribution >= 4 is 11.8 Å². The first kappa shape index (κ1) is 32.4. The van der Waals surface area contributed by atoms with Crippen LogP contribution >= 0.6 is 0 Å². The lowest BCUT2D eigenvalue weighted by molar-refractivity contribution is -0.274. The van der Waals surface area contributed by atoms with Crippen LogP contribution in [-0.2, 0) is 6.54 Å². The number of halogens is 3. The van der Waals surface area contributed by atoms with Crippen molar-refractivity contribution in [2.45, 2.75) is 108 Å². The van der Waals surface area contributed by atoms with Gasteiger partial charge in [-0.05, 0) is 106 Å². The van der Waals surface area contributed by atoms with E-state index in [1.54, 1.807) is 12.1 Å². The summed E-state index contributed by atoms with van der Waals surface area (Å²) in [5, 5.41) is 30.3. The molecule has 1 aromatic carbocycles. The summed E-state index contributed by atoms with van der Waals surface area (Å²) in [6, 6.07) is 10.3. The van der Waals surface area contributed by atoms with Gasteiger partial charge >= 0.3 is 6.36 Å². The molecular weight excluding hydrogens is 607 g/mol. The molecule has 9 nitrogen and oxygen atoms in total. The number of hydrogen-bond acceptors (Lipinski definition) is 9. The van der Waals surface area contributed by atoms with Crippen LogP contribution in [0.15, 0.2) is 30.5 Å². The topological polar surface area (TPSA) is 118 Å². The van der Waals surface area contributed by atoms with Crippen LogP contribution in [0.4, 0.5) is 24.9 Å². The van der Waals surface area contributed by atoms with E-state index in [1.165, 1.54) is 82.5 Å². The molecule has 1 aliphatic heterocycles. The molecule has 12 heteroatoms. The van der Waals surface area contributed by atoms with Gasteiger partial charge in [0.1, 0.15) is 23.2 Å². The summed E-state index contributed by atoms with van der Waals surface area (Å²) in [7, 11) is 0. The minimum atomic E-state index is -4.79. The third kappa shape index (κ3) is 7.18. The molecule has 6 atom stereocenters. The molecule has 1 saturated heterocycles. The lowest BCUT2D eigenvalue weighted by atomic mass is 9.47. The van der Waals surface area contributed by atoms with Crippen LogP contribution in [0.5, 0.6) is 5.75 Å². The van der Waals surface area contributed by atoms with Crippen molar-refractivity contribution in [1.82, 2.24) is 20.2 Å². The molecule has 4 N–H and O–H groups in total. The Hall–Kier alpha value is -3.14. The normalized spacial score (nSPS) is 33.5. The Labute approximate surface area is 274 Å². The number of nitrogens with zero attached hydrogens (tertiary/aromatic N) is 4. The van der Waals surface area contributed by atoms with Crippen LogP contribution in [0.1, 0.15) is 81.8 Å². The van der Waals surface area contributed by atoms with Gasteiger partial charge in [-0.1, -0.05) is 18.2 Å². The van der Waals surface area contributed by atoms with Gasteiger partial charge in [-0.25, -0.2) is 4.98 Å². The highest BCUT2D eigenvalue weighted by Gasteiger charge is 2.55. The van der Waals surface area contributed by atoms with Gasteiger partial charge in [0, 0.05) is 42.8 Å². The van der Waals surface area contributed by atoms with Crippen molar-refractivity contribution in [3.63, 3.8) is 0 Å². The Kier molecular flexibility index (Phi) is 9.24. The Balaban J connectivity index is 0.953. The highest BCUT2D eigenvalue weighted by Crippen LogP contribution is 2.60. The molecule has 0 radical (unpaired) electrons. The summed E-state index contributed by atoms with van der Waals surface area (Å²) >= 11 is 0. The minimum absolute atomic E-state index is 0.0318. The predicted octanol–water partition coefficient (Wildman–Crippen LogP) is 5.82. The SMILES string of the molecule is N#Cc1cnc(NCc2ccccc2OC(F)(F)F)nc1NC[C@]12CC3C[C@H](C1)[C@@H](NC1CCC(N4CCC[C@@H]4CO)CC1)[C@@H](C3)C2. The quantitative estimate of drug-likeness (QED) is 0.238. The second kappa shape index (κ2) is 13.4. The number of para-hydroxylation sites is 1. The van der Waals surface area contributed by atoms with Gasteiger partial charge in [-0.2, -0.15) is 10.2 Å².